The maximum atomic E-state index is 2.44. The van der Waals surface area contributed by atoms with Crippen LogP contribution in [-0.2, 0) is 0 Å². The molecule has 0 spiro atoms. The number of fused-ring (bicyclic) bond motifs is 18. The first-order chi connectivity index (χ1) is 61.4. The van der Waals surface area contributed by atoms with Crippen molar-refractivity contribution < 1.29 is 0 Å². The number of aromatic nitrogens is 6. The quantitative estimate of drug-likeness (QED) is 0.103. The van der Waals surface area contributed by atoms with E-state index in [1.54, 1.807) is 0 Å². The van der Waals surface area contributed by atoms with Crippen LogP contribution in [-0.4, -0.2) is 27.4 Å². The van der Waals surface area contributed by atoms with Crippen molar-refractivity contribution in [1.29, 1.82) is 0 Å². The van der Waals surface area contributed by atoms with Crippen LogP contribution in [0.4, 0.5) is 51.2 Å². The Balaban J connectivity index is 0.598. The second-order valence-electron chi connectivity index (χ2n) is 32.5. The summed E-state index contributed by atoms with van der Waals surface area (Å²) in [4.78, 5) is 7.31. The van der Waals surface area contributed by atoms with Crippen LogP contribution in [0.25, 0.3) is 165 Å². The van der Waals surface area contributed by atoms with Gasteiger partial charge in [-0.1, -0.05) is 200 Å². The van der Waals surface area contributed by atoms with Crippen molar-refractivity contribution in [2.45, 2.75) is 6.92 Å². The Bertz CT molecular complexity index is 7750. The lowest BCUT2D eigenvalue weighted by Gasteiger charge is -2.27. The van der Waals surface area contributed by atoms with Gasteiger partial charge in [-0.15, -0.1) is 0 Å². The molecular formula is C115H77N9. The van der Waals surface area contributed by atoms with Gasteiger partial charge in [0.1, 0.15) is 0 Å². The van der Waals surface area contributed by atoms with Gasteiger partial charge in [-0.2, -0.15) is 0 Å². The Kier molecular flexibility index (Phi) is 16.1. The average molecular weight is 1580 g/mol. The topological polar surface area (TPSA) is 39.3 Å². The average Bonchev–Trinajstić information content (AvgIpc) is 1.59. The molecule has 25 aromatic rings. The van der Waals surface area contributed by atoms with Crippen molar-refractivity contribution >= 4 is 182 Å². The van der Waals surface area contributed by atoms with E-state index in [2.05, 4.69) is 498 Å². The van der Waals surface area contributed by atoms with E-state index in [0.717, 1.165) is 140 Å². The Morgan fingerprint density at radius 2 is 0.282 bits per heavy atom. The molecule has 9 nitrogen and oxygen atoms in total. The van der Waals surface area contributed by atoms with Gasteiger partial charge < -0.3 is 42.1 Å². The summed E-state index contributed by atoms with van der Waals surface area (Å²) in [5.74, 6) is 0. The third-order valence-electron chi connectivity index (χ3n) is 25.6. The van der Waals surface area contributed by atoms with E-state index < -0.39 is 0 Å². The highest BCUT2D eigenvalue weighted by atomic mass is 15.2. The van der Waals surface area contributed by atoms with Gasteiger partial charge in [0.05, 0.1) is 66.2 Å². The van der Waals surface area contributed by atoms with Gasteiger partial charge in [-0.25, -0.2) is 0 Å². The highest BCUT2D eigenvalue weighted by Gasteiger charge is 2.27. The number of rotatable bonds is 15. The number of anilines is 9. The molecule has 9 heteroatoms. The SMILES string of the molecule is Cc1ccc(N(c2ccc3c(c2)c2ccccc2n3-c2ccc(N(c3ccc4c(c3)c3ccccc3n4-c3ccccc3)c3ccc4c(c3)c3ccccc3n4-c3ccccc3)cc2)c2ccc3c(c2)c2ccccc2n3-c2ccc(N(c3ccc4c(c3)c3ccccc3n4-c3ccccc3)c3ccc4c(c3)c3ccccc3n4-c3ccccc3)cc2)cc1. The Hall–Kier alpha value is -16.6. The summed E-state index contributed by atoms with van der Waals surface area (Å²) in [6.45, 7) is 2.17. The van der Waals surface area contributed by atoms with Gasteiger partial charge in [0.2, 0.25) is 0 Å². The maximum absolute atomic E-state index is 2.44. The molecular weight excluding hydrogens is 1510 g/mol. The molecule has 0 saturated carbocycles. The highest BCUT2D eigenvalue weighted by molar-refractivity contribution is 6.17. The van der Waals surface area contributed by atoms with Crippen molar-refractivity contribution in [2.75, 3.05) is 14.7 Å². The summed E-state index contributed by atoms with van der Waals surface area (Å²) in [5.41, 5.74) is 31.2. The second-order valence-corrected chi connectivity index (χ2v) is 32.5. The first kappa shape index (κ1) is 70.4. The third-order valence-corrected chi connectivity index (χ3v) is 25.6. The van der Waals surface area contributed by atoms with Crippen LogP contribution >= 0.6 is 0 Å². The number of hydrogen-bond acceptors (Lipinski definition) is 3. The molecule has 0 amide bonds. The normalized spacial score (nSPS) is 11.9. The van der Waals surface area contributed by atoms with E-state index in [4.69, 9.17) is 0 Å². The van der Waals surface area contributed by atoms with Crippen LogP contribution < -0.4 is 14.7 Å². The van der Waals surface area contributed by atoms with Crippen molar-refractivity contribution in [2.24, 2.45) is 0 Å². The van der Waals surface area contributed by atoms with E-state index in [1.165, 1.54) is 81.5 Å². The van der Waals surface area contributed by atoms with E-state index in [-0.39, 0.29) is 0 Å². The zero-order valence-corrected chi connectivity index (χ0v) is 67.7. The summed E-state index contributed by atoms with van der Waals surface area (Å²) >= 11 is 0. The molecule has 0 radical (unpaired) electrons. The molecule has 0 fully saturated rings. The Labute approximate surface area is 714 Å². The number of para-hydroxylation sites is 10. The fraction of sp³-hybridized carbons (Fsp3) is 0.00870. The summed E-state index contributed by atoms with van der Waals surface area (Å²) in [7, 11) is 0. The maximum Gasteiger partial charge on any atom is 0.0542 e. The number of nitrogens with zero attached hydrogens (tertiary/aromatic N) is 9. The smallest absolute Gasteiger partial charge is 0.0542 e. The van der Waals surface area contributed by atoms with E-state index in [0.29, 0.717) is 0 Å². The lowest BCUT2D eigenvalue weighted by atomic mass is 10.1. The predicted octanol–water partition coefficient (Wildman–Crippen LogP) is 31.0. The van der Waals surface area contributed by atoms with Crippen molar-refractivity contribution in [3.05, 3.63) is 454 Å². The van der Waals surface area contributed by atoms with Gasteiger partial charge in [-0.3, -0.25) is 0 Å². The van der Waals surface area contributed by atoms with E-state index in [9.17, 15) is 0 Å². The number of hydrogen-bond donors (Lipinski definition) is 0. The fourth-order valence-corrected chi connectivity index (χ4v) is 20.1. The predicted molar refractivity (Wildman–Crippen MR) is 521 cm³/mol. The number of benzene rings is 19. The molecule has 0 unspecified atom stereocenters. The van der Waals surface area contributed by atoms with Crippen molar-refractivity contribution in [3.8, 4) is 34.1 Å². The van der Waals surface area contributed by atoms with Crippen LogP contribution in [0.1, 0.15) is 5.56 Å². The molecule has 0 N–H and O–H groups in total. The standard InChI is InChI=1S/C115H77N9/c1-76-46-48-81(49-47-76)116(86-62-68-114-102(70-86)96-38-18-24-44-108(96)123(114)84-54-50-82(51-55-84)117(88-58-64-110-98(72-88)92-34-14-20-40-104(92)119(110)77-26-6-2-7-27-77)89-59-65-111-99(73-89)93-35-15-21-41-105(93)120(111)78-28-8-3-9-29-78)87-63-69-115-103(71-87)97-39-19-25-45-109(97)124(115)85-56-52-83(53-57-85)118(90-60-66-112-100(74-90)94-36-16-22-42-106(94)121(112)79-30-10-4-11-31-79)91-61-67-113-101(75-91)95-37-17-23-43-107(95)122(113)80-32-12-5-13-33-80/h2-75H,1H3. The van der Waals surface area contributed by atoms with E-state index in [1.807, 2.05) is 0 Å². The summed E-state index contributed by atoms with van der Waals surface area (Å²) in [6.07, 6.45) is 0. The molecule has 0 atom stereocenters. The molecule has 582 valence electrons. The molecule has 0 aliphatic heterocycles. The van der Waals surface area contributed by atoms with Crippen LogP contribution in [0, 0.1) is 6.92 Å². The van der Waals surface area contributed by atoms with Crippen molar-refractivity contribution in [1.82, 2.24) is 27.4 Å². The highest BCUT2D eigenvalue weighted by Crippen LogP contribution is 2.49. The van der Waals surface area contributed by atoms with Gasteiger partial charge in [0.25, 0.3) is 0 Å². The van der Waals surface area contributed by atoms with Crippen LogP contribution in [0.3, 0.4) is 0 Å². The molecule has 0 saturated heterocycles. The lowest BCUT2D eigenvalue weighted by Crippen LogP contribution is -2.10. The first-order valence-electron chi connectivity index (χ1n) is 42.5. The Morgan fingerprint density at radius 3 is 0.484 bits per heavy atom. The van der Waals surface area contributed by atoms with Crippen LogP contribution in [0.2, 0.25) is 0 Å². The first-order valence-corrected chi connectivity index (χ1v) is 42.5. The molecule has 0 aliphatic rings. The minimum atomic E-state index is 1.04. The van der Waals surface area contributed by atoms with Gasteiger partial charge >= 0.3 is 0 Å². The molecule has 0 aliphatic carbocycles. The zero-order chi connectivity index (χ0) is 81.6. The lowest BCUT2D eigenvalue weighted by molar-refractivity contribution is 1.17. The largest absolute Gasteiger partial charge is 0.310 e. The molecule has 0 bridgehead atoms. The Morgan fingerprint density at radius 1 is 0.129 bits per heavy atom. The summed E-state index contributed by atoms with van der Waals surface area (Å²) < 4.78 is 14.5. The second kappa shape index (κ2) is 28.3. The van der Waals surface area contributed by atoms with Crippen LogP contribution in [0.15, 0.2) is 449 Å². The molecule has 25 rings (SSSR count). The molecule has 19 aromatic carbocycles. The van der Waals surface area contributed by atoms with Crippen molar-refractivity contribution in [3.63, 3.8) is 0 Å². The fourth-order valence-electron chi connectivity index (χ4n) is 20.1. The molecule has 124 heavy (non-hydrogen) atoms. The molecule has 6 heterocycles. The van der Waals surface area contributed by atoms with Gasteiger partial charge in [0, 0.05) is 150 Å². The monoisotopic (exact) mass is 1580 g/mol. The summed E-state index contributed by atoms with van der Waals surface area (Å²) in [5, 5.41) is 14.2. The van der Waals surface area contributed by atoms with E-state index >= 15 is 0 Å². The minimum absolute atomic E-state index is 1.04. The number of aryl methyl sites for hydroxylation is 1. The minimum Gasteiger partial charge on any atom is -0.310 e. The van der Waals surface area contributed by atoms with Crippen LogP contribution in [0.5, 0.6) is 0 Å². The molecule has 6 aromatic heterocycles. The zero-order valence-electron chi connectivity index (χ0n) is 67.7. The van der Waals surface area contributed by atoms with Gasteiger partial charge in [-0.05, 0) is 262 Å². The van der Waals surface area contributed by atoms with Gasteiger partial charge in [0.15, 0.2) is 0 Å². The summed E-state index contributed by atoms with van der Waals surface area (Å²) in [6, 6.07) is 165. The third kappa shape index (κ3) is 11.1.